The lowest BCUT2D eigenvalue weighted by Crippen LogP contribution is -2.30. The maximum atomic E-state index is 11.4. The van der Waals surface area contributed by atoms with Crippen LogP contribution in [-0.4, -0.2) is 28.9 Å². The second-order valence-corrected chi connectivity index (χ2v) is 4.13. The van der Waals surface area contributed by atoms with Gasteiger partial charge in [-0.15, -0.1) is 0 Å². The van der Waals surface area contributed by atoms with Crippen LogP contribution in [0.4, 0.5) is 0 Å². The summed E-state index contributed by atoms with van der Waals surface area (Å²) in [4.78, 5) is 33.2. The van der Waals surface area contributed by atoms with Crippen LogP contribution in [0.1, 0.15) is 25.7 Å². The highest BCUT2D eigenvalue weighted by Crippen LogP contribution is 2.39. The predicted octanol–water partition coefficient (Wildman–Crippen LogP) is 0.372. The number of carbonyl (C=O) groups is 3. The number of fused-ring (bicyclic) bond motifs is 1. The summed E-state index contributed by atoms with van der Waals surface area (Å²) in [5.41, 5.74) is 0. The number of rotatable bonds is 2. The molecule has 3 atom stereocenters. The molecule has 1 N–H and O–H groups in total. The van der Waals surface area contributed by atoms with Crippen LogP contribution in [0.25, 0.3) is 0 Å². The van der Waals surface area contributed by atoms with E-state index in [2.05, 4.69) is 0 Å². The van der Waals surface area contributed by atoms with Gasteiger partial charge in [0.1, 0.15) is 11.9 Å². The molecule has 2 aliphatic rings. The summed E-state index contributed by atoms with van der Waals surface area (Å²) in [5.74, 6) is -1.70. The molecule has 1 saturated carbocycles. The zero-order valence-corrected chi connectivity index (χ0v) is 8.14. The van der Waals surface area contributed by atoms with E-state index in [1.165, 1.54) is 0 Å². The molecule has 0 aromatic rings. The number of Topliss-reactive ketones (excluding diaryl/α,β-unsaturated/α-hetero) is 1. The van der Waals surface area contributed by atoms with Gasteiger partial charge in [0.2, 0.25) is 0 Å². The van der Waals surface area contributed by atoms with Crippen molar-refractivity contribution >= 4 is 17.7 Å². The number of hydrogen-bond donors (Lipinski definition) is 1. The van der Waals surface area contributed by atoms with Crippen molar-refractivity contribution in [3.63, 3.8) is 0 Å². The summed E-state index contributed by atoms with van der Waals surface area (Å²) in [6.07, 6.45) is 0.410. The minimum atomic E-state index is -0.994. The van der Waals surface area contributed by atoms with Crippen molar-refractivity contribution in [2.24, 2.45) is 11.8 Å². The van der Waals surface area contributed by atoms with Crippen LogP contribution in [0, 0.1) is 11.8 Å². The van der Waals surface area contributed by atoms with Gasteiger partial charge in [-0.25, -0.2) is 0 Å². The first kappa shape index (κ1) is 10.1. The van der Waals surface area contributed by atoms with Crippen molar-refractivity contribution in [1.82, 2.24) is 0 Å². The van der Waals surface area contributed by atoms with Gasteiger partial charge in [-0.1, -0.05) is 0 Å². The molecular formula is C10H12O5. The van der Waals surface area contributed by atoms with E-state index in [1.54, 1.807) is 0 Å². The molecule has 1 unspecified atom stereocenters. The third-order valence-electron chi connectivity index (χ3n) is 3.14. The summed E-state index contributed by atoms with van der Waals surface area (Å²) in [7, 11) is 0. The second-order valence-electron chi connectivity index (χ2n) is 4.13. The minimum absolute atomic E-state index is 0.102. The first-order valence-corrected chi connectivity index (χ1v) is 5.02. The summed E-state index contributed by atoms with van der Waals surface area (Å²) < 4.78 is 5.00. The Kier molecular flexibility index (Phi) is 2.46. The first-order chi connectivity index (χ1) is 7.08. The Bertz CT molecular complexity index is 322. The number of cyclic esters (lactones) is 1. The lowest BCUT2D eigenvalue weighted by Gasteiger charge is -2.23. The van der Waals surface area contributed by atoms with Gasteiger partial charge in [-0.3, -0.25) is 14.4 Å². The molecule has 15 heavy (non-hydrogen) atoms. The molecule has 2 rings (SSSR count). The highest BCUT2D eigenvalue weighted by Gasteiger charge is 2.47. The molecular weight excluding hydrogens is 200 g/mol. The fraction of sp³-hybridized carbons (Fsp3) is 0.700. The van der Waals surface area contributed by atoms with E-state index in [0.717, 1.165) is 0 Å². The van der Waals surface area contributed by atoms with Crippen molar-refractivity contribution in [2.45, 2.75) is 31.8 Å². The number of aliphatic carboxylic acids is 1. The van der Waals surface area contributed by atoms with E-state index in [1.807, 2.05) is 0 Å². The molecule has 1 aliphatic heterocycles. The number of carboxylic acid groups (broad SMARTS) is 1. The van der Waals surface area contributed by atoms with E-state index >= 15 is 0 Å². The standard InChI is InChI=1S/C10H12O5/c11-5-1-2-6-7(3-5)8(4-9(12)13)15-10(6)14/h6-8H,1-4H2,(H,12,13)/t6-,7+,8?/m1/s1. The molecule has 0 aromatic heterocycles. The summed E-state index contributed by atoms with van der Waals surface area (Å²) in [6, 6.07) is 0. The van der Waals surface area contributed by atoms with E-state index in [9.17, 15) is 14.4 Å². The molecule has 1 heterocycles. The molecule has 0 radical (unpaired) electrons. The van der Waals surface area contributed by atoms with Crippen LogP contribution < -0.4 is 0 Å². The maximum Gasteiger partial charge on any atom is 0.309 e. The lowest BCUT2D eigenvalue weighted by atomic mass is 9.77. The first-order valence-electron chi connectivity index (χ1n) is 5.02. The smallest absolute Gasteiger partial charge is 0.309 e. The van der Waals surface area contributed by atoms with Crippen LogP contribution >= 0.6 is 0 Å². The van der Waals surface area contributed by atoms with Crippen molar-refractivity contribution in [3.05, 3.63) is 0 Å². The molecule has 1 saturated heterocycles. The van der Waals surface area contributed by atoms with Crippen LogP contribution in [0.3, 0.4) is 0 Å². The highest BCUT2D eigenvalue weighted by atomic mass is 16.6. The van der Waals surface area contributed by atoms with Gasteiger partial charge in [0, 0.05) is 18.8 Å². The van der Waals surface area contributed by atoms with E-state index < -0.39 is 12.1 Å². The predicted molar refractivity (Wildman–Crippen MR) is 48.0 cm³/mol. The van der Waals surface area contributed by atoms with Gasteiger partial charge in [-0.05, 0) is 6.42 Å². The molecule has 0 spiro atoms. The van der Waals surface area contributed by atoms with Crippen molar-refractivity contribution < 1.29 is 24.2 Å². The number of ketones is 1. The lowest BCUT2D eigenvalue weighted by molar-refractivity contribution is -0.147. The molecule has 0 bridgehead atoms. The number of ether oxygens (including phenoxy) is 1. The summed E-state index contributed by atoms with van der Waals surface area (Å²) in [5, 5.41) is 8.64. The van der Waals surface area contributed by atoms with Crippen molar-refractivity contribution in [2.75, 3.05) is 0 Å². The third kappa shape index (κ3) is 1.86. The van der Waals surface area contributed by atoms with Crippen LogP contribution in [0.5, 0.6) is 0 Å². The molecule has 0 amide bonds. The van der Waals surface area contributed by atoms with Gasteiger partial charge < -0.3 is 9.84 Å². The third-order valence-corrected chi connectivity index (χ3v) is 3.14. The van der Waals surface area contributed by atoms with Gasteiger partial charge in [-0.2, -0.15) is 0 Å². The van der Waals surface area contributed by atoms with Crippen molar-refractivity contribution in [1.29, 1.82) is 0 Å². The van der Waals surface area contributed by atoms with Crippen LogP contribution in [-0.2, 0) is 19.1 Å². The van der Waals surface area contributed by atoms with Gasteiger partial charge in [0.15, 0.2) is 0 Å². The maximum absolute atomic E-state index is 11.4. The average Bonchev–Trinajstić information content (AvgIpc) is 2.42. The monoisotopic (exact) mass is 212 g/mol. The highest BCUT2D eigenvalue weighted by molar-refractivity contribution is 5.85. The largest absolute Gasteiger partial charge is 0.481 e. The van der Waals surface area contributed by atoms with Gasteiger partial charge in [0.25, 0.3) is 0 Å². The number of carboxylic acids is 1. The second kappa shape index (κ2) is 3.64. The SMILES string of the molecule is O=C(O)CC1OC(=O)[C@@H]2CCC(=O)C[C@H]12. The number of hydrogen-bond acceptors (Lipinski definition) is 4. The van der Waals surface area contributed by atoms with E-state index in [0.29, 0.717) is 12.8 Å². The Balaban J connectivity index is 2.11. The zero-order valence-electron chi connectivity index (χ0n) is 8.14. The molecule has 5 nitrogen and oxygen atoms in total. The number of carbonyl (C=O) groups excluding carboxylic acids is 2. The number of esters is 1. The Morgan fingerprint density at radius 3 is 2.87 bits per heavy atom. The molecule has 1 aliphatic carbocycles. The Morgan fingerprint density at radius 1 is 1.47 bits per heavy atom. The summed E-state index contributed by atoms with van der Waals surface area (Å²) >= 11 is 0. The topological polar surface area (TPSA) is 80.7 Å². The summed E-state index contributed by atoms with van der Waals surface area (Å²) in [6.45, 7) is 0. The van der Waals surface area contributed by atoms with Crippen molar-refractivity contribution in [3.8, 4) is 0 Å². The fourth-order valence-electron chi connectivity index (χ4n) is 2.41. The fourth-order valence-corrected chi connectivity index (χ4v) is 2.41. The molecule has 0 aromatic carbocycles. The average molecular weight is 212 g/mol. The minimum Gasteiger partial charge on any atom is -0.481 e. The Labute approximate surface area is 86.4 Å². The molecule has 2 fully saturated rings. The van der Waals surface area contributed by atoms with E-state index in [-0.39, 0.29) is 36.4 Å². The quantitative estimate of drug-likeness (QED) is 0.669. The van der Waals surface area contributed by atoms with Gasteiger partial charge in [0.05, 0.1) is 12.3 Å². The normalized spacial score (nSPS) is 34.8. The molecule has 82 valence electrons. The molecule has 5 heteroatoms. The Hall–Kier alpha value is -1.39. The van der Waals surface area contributed by atoms with E-state index in [4.69, 9.17) is 9.84 Å². The van der Waals surface area contributed by atoms with Crippen LogP contribution in [0.15, 0.2) is 0 Å². The Morgan fingerprint density at radius 2 is 2.20 bits per heavy atom. The zero-order chi connectivity index (χ0) is 11.0. The van der Waals surface area contributed by atoms with Gasteiger partial charge >= 0.3 is 11.9 Å². The van der Waals surface area contributed by atoms with Crippen LogP contribution in [0.2, 0.25) is 0 Å².